The Labute approximate surface area is 91.9 Å². The lowest BCUT2D eigenvalue weighted by Gasteiger charge is -1.98. The Morgan fingerprint density at radius 2 is 2.25 bits per heavy atom. The lowest BCUT2D eigenvalue weighted by atomic mass is 10.3. The number of rotatable bonds is 5. The molecule has 16 heavy (non-hydrogen) atoms. The van der Waals surface area contributed by atoms with Gasteiger partial charge in [0.25, 0.3) is 0 Å². The first kappa shape index (κ1) is 10.8. The minimum absolute atomic E-state index is 0.186. The number of anilines is 1. The van der Waals surface area contributed by atoms with Crippen LogP contribution >= 0.6 is 0 Å². The van der Waals surface area contributed by atoms with Crippen molar-refractivity contribution in [2.75, 3.05) is 18.5 Å². The van der Waals surface area contributed by atoms with Crippen LogP contribution in [0.4, 0.5) is 10.3 Å². The molecule has 0 radical (unpaired) electrons. The van der Waals surface area contributed by atoms with Gasteiger partial charge < -0.3 is 10.4 Å². The number of nitrogens with zero attached hydrogens (tertiary/aromatic N) is 3. The molecule has 2 rings (SSSR count). The Hall–Kier alpha value is -1.69. The van der Waals surface area contributed by atoms with Crippen molar-refractivity contribution in [1.29, 1.82) is 0 Å². The highest BCUT2D eigenvalue weighted by atomic mass is 19.1. The van der Waals surface area contributed by atoms with E-state index in [0.717, 1.165) is 12.8 Å². The molecule has 0 aliphatic rings. The van der Waals surface area contributed by atoms with Gasteiger partial charge in [0.15, 0.2) is 5.65 Å². The van der Waals surface area contributed by atoms with Crippen LogP contribution in [-0.2, 0) is 0 Å². The number of aliphatic hydroxyl groups excluding tert-OH is 1. The molecule has 0 unspecified atom stereocenters. The second-order valence-corrected chi connectivity index (χ2v) is 3.44. The summed E-state index contributed by atoms with van der Waals surface area (Å²) in [7, 11) is 0. The zero-order valence-corrected chi connectivity index (χ0v) is 8.73. The van der Waals surface area contributed by atoms with Crippen molar-refractivity contribution in [3.63, 3.8) is 0 Å². The van der Waals surface area contributed by atoms with Gasteiger partial charge in [-0.2, -0.15) is 4.98 Å². The highest BCUT2D eigenvalue weighted by molar-refractivity contribution is 5.42. The average Bonchev–Trinajstić information content (AvgIpc) is 2.66. The van der Waals surface area contributed by atoms with Crippen LogP contribution < -0.4 is 5.32 Å². The molecule has 0 aliphatic heterocycles. The van der Waals surface area contributed by atoms with E-state index in [4.69, 9.17) is 5.11 Å². The predicted molar refractivity (Wildman–Crippen MR) is 57.8 cm³/mol. The van der Waals surface area contributed by atoms with Crippen LogP contribution in [0, 0.1) is 5.82 Å². The number of hydrogen-bond acceptors (Lipinski definition) is 4. The summed E-state index contributed by atoms with van der Waals surface area (Å²) in [5.74, 6) is 0.132. The minimum Gasteiger partial charge on any atom is -0.396 e. The topological polar surface area (TPSA) is 62.5 Å². The zero-order valence-electron chi connectivity index (χ0n) is 8.73. The summed E-state index contributed by atoms with van der Waals surface area (Å²) < 4.78 is 14.3. The number of unbranched alkanes of at least 4 members (excludes halogenated alkanes) is 1. The van der Waals surface area contributed by atoms with Crippen LogP contribution in [0.15, 0.2) is 18.3 Å². The number of halogens is 1. The summed E-state index contributed by atoms with van der Waals surface area (Å²) in [5, 5.41) is 15.7. The van der Waals surface area contributed by atoms with Gasteiger partial charge >= 0.3 is 0 Å². The molecule has 0 saturated heterocycles. The van der Waals surface area contributed by atoms with Crippen molar-refractivity contribution in [3.8, 4) is 0 Å². The van der Waals surface area contributed by atoms with Crippen molar-refractivity contribution >= 4 is 11.6 Å². The van der Waals surface area contributed by atoms with Crippen LogP contribution in [0.3, 0.4) is 0 Å². The van der Waals surface area contributed by atoms with E-state index in [2.05, 4.69) is 15.4 Å². The van der Waals surface area contributed by atoms with Gasteiger partial charge in [0.05, 0.1) is 6.20 Å². The third kappa shape index (κ3) is 2.46. The SMILES string of the molecule is OCCCCNc1nc2ccc(F)cn2n1. The van der Waals surface area contributed by atoms with Gasteiger partial charge in [0.2, 0.25) is 5.95 Å². The van der Waals surface area contributed by atoms with E-state index < -0.39 is 0 Å². The molecule has 6 heteroatoms. The number of pyridine rings is 1. The van der Waals surface area contributed by atoms with Gasteiger partial charge in [-0.05, 0) is 25.0 Å². The Kier molecular flexibility index (Phi) is 3.31. The molecule has 86 valence electrons. The molecule has 2 N–H and O–H groups in total. The summed E-state index contributed by atoms with van der Waals surface area (Å²) in [4.78, 5) is 4.16. The Bertz CT molecular complexity index is 471. The van der Waals surface area contributed by atoms with Gasteiger partial charge in [-0.25, -0.2) is 8.91 Å². The smallest absolute Gasteiger partial charge is 0.243 e. The van der Waals surface area contributed by atoms with Gasteiger partial charge in [0, 0.05) is 13.2 Å². The lowest BCUT2D eigenvalue weighted by Crippen LogP contribution is -2.03. The van der Waals surface area contributed by atoms with Crippen molar-refractivity contribution in [3.05, 3.63) is 24.1 Å². The van der Waals surface area contributed by atoms with E-state index in [-0.39, 0.29) is 12.4 Å². The third-order valence-electron chi connectivity index (χ3n) is 2.16. The molecule has 2 aromatic rings. The fraction of sp³-hybridized carbons (Fsp3) is 0.400. The Morgan fingerprint density at radius 1 is 1.38 bits per heavy atom. The molecule has 0 aromatic carbocycles. The molecule has 0 spiro atoms. The summed E-state index contributed by atoms with van der Waals surface area (Å²) in [6, 6.07) is 2.92. The first-order valence-electron chi connectivity index (χ1n) is 5.16. The third-order valence-corrected chi connectivity index (χ3v) is 2.16. The van der Waals surface area contributed by atoms with Crippen LogP contribution in [0.5, 0.6) is 0 Å². The maximum Gasteiger partial charge on any atom is 0.243 e. The van der Waals surface area contributed by atoms with Gasteiger partial charge in [-0.1, -0.05) is 0 Å². The Balaban J connectivity index is 2.02. The van der Waals surface area contributed by atoms with E-state index in [1.807, 2.05) is 0 Å². The van der Waals surface area contributed by atoms with Crippen LogP contribution in [0.2, 0.25) is 0 Å². The molecule has 0 bridgehead atoms. The lowest BCUT2D eigenvalue weighted by molar-refractivity contribution is 0.286. The molecule has 0 fully saturated rings. The predicted octanol–water partition coefficient (Wildman–Crippen LogP) is 1.05. The first-order valence-corrected chi connectivity index (χ1v) is 5.16. The molecular formula is C10H13FN4O. The van der Waals surface area contributed by atoms with Crippen molar-refractivity contribution in [2.24, 2.45) is 0 Å². The van der Waals surface area contributed by atoms with Crippen molar-refractivity contribution in [2.45, 2.75) is 12.8 Å². The largest absolute Gasteiger partial charge is 0.396 e. The van der Waals surface area contributed by atoms with E-state index in [1.165, 1.54) is 16.8 Å². The van der Waals surface area contributed by atoms with Gasteiger partial charge in [-0.3, -0.25) is 0 Å². The fourth-order valence-electron chi connectivity index (χ4n) is 1.37. The highest BCUT2D eigenvalue weighted by Gasteiger charge is 2.02. The van der Waals surface area contributed by atoms with Gasteiger partial charge in [0.1, 0.15) is 5.82 Å². The zero-order chi connectivity index (χ0) is 11.4. The molecular weight excluding hydrogens is 211 g/mol. The second kappa shape index (κ2) is 4.89. The van der Waals surface area contributed by atoms with Crippen molar-refractivity contribution in [1.82, 2.24) is 14.6 Å². The number of aliphatic hydroxyl groups is 1. The molecule has 0 amide bonds. The maximum atomic E-state index is 12.9. The van der Waals surface area contributed by atoms with Crippen molar-refractivity contribution < 1.29 is 9.50 Å². The summed E-state index contributed by atoms with van der Waals surface area (Å²) in [5.41, 5.74) is 0.603. The normalized spacial score (nSPS) is 10.9. The standard InChI is InChI=1S/C10H13FN4O/c11-8-3-4-9-13-10(14-15(9)7-8)12-5-1-2-6-16/h3-4,7,16H,1-2,5-6H2,(H,12,14). The van der Waals surface area contributed by atoms with E-state index >= 15 is 0 Å². The molecule has 0 aliphatic carbocycles. The highest BCUT2D eigenvalue weighted by Crippen LogP contribution is 2.06. The molecule has 0 atom stereocenters. The summed E-state index contributed by atoms with van der Waals surface area (Å²) >= 11 is 0. The quantitative estimate of drug-likeness (QED) is 0.745. The number of hydrogen-bond donors (Lipinski definition) is 2. The maximum absolute atomic E-state index is 12.9. The number of fused-ring (bicyclic) bond motifs is 1. The van der Waals surface area contributed by atoms with Crippen LogP contribution in [0.25, 0.3) is 5.65 Å². The number of aromatic nitrogens is 3. The average molecular weight is 224 g/mol. The van der Waals surface area contributed by atoms with Crippen LogP contribution in [-0.4, -0.2) is 32.9 Å². The second-order valence-electron chi connectivity index (χ2n) is 3.44. The first-order chi connectivity index (χ1) is 7.79. The molecule has 0 saturated carbocycles. The monoisotopic (exact) mass is 224 g/mol. The van der Waals surface area contributed by atoms with Crippen LogP contribution in [0.1, 0.15) is 12.8 Å². The molecule has 5 nitrogen and oxygen atoms in total. The summed E-state index contributed by atoms with van der Waals surface area (Å²) in [6.07, 6.45) is 2.87. The molecule has 2 heterocycles. The van der Waals surface area contributed by atoms with E-state index in [0.29, 0.717) is 18.1 Å². The Morgan fingerprint density at radius 3 is 3.06 bits per heavy atom. The van der Waals surface area contributed by atoms with E-state index in [9.17, 15) is 4.39 Å². The summed E-state index contributed by atoms with van der Waals surface area (Å²) in [6.45, 7) is 0.880. The molecule has 2 aromatic heterocycles. The fourth-order valence-corrected chi connectivity index (χ4v) is 1.37. The van der Waals surface area contributed by atoms with Gasteiger partial charge in [-0.15, -0.1) is 5.10 Å². The number of nitrogens with one attached hydrogen (secondary N) is 1. The van der Waals surface area contributed by atoms with E-state index in [1.54, 1.807) is 6.07 Å². The minimum atomic E-state index is -0.343.